The molecule has 0 fully saturated rings. The van der Waals surface area contributed by atoms with Crippen molar-refractivity contribution < 1.29 is 9.32 Å². The first kappa shape index (κ1) is 15.3. The SMILES string of the molecule is Cc1noc(C)c1C(=O)NC(c1cnn(C)c1)C(C)(C)C. The average molecular weight is 290 g/mol. The predicted octanol–water partition coefficient (Wildman–Crippen LogP) is 2.54. The van der Waals surface area contributed by atoms with Crippen molar-refractivity contribution in [3.63, 3.8) is 0 Å². The highest BCUT2D eigenvalue weighted by Gasteiger charge is 2.30. The normalized spacial score (nSPS) is 13.2. The second-order valence-electron chi connectivity index (χ2n) is 6.42. The maximum atomic E-state index is 12.5. The van der Waals surface area contributed by atoms with Gasteiger partial charge in [0.15, 0.2) is 0 Å². The molecule has 0 aromatic carbocycles. The Labute approximate surface area is 124 Å². The van der Waals surface area contributed by atoms with Crippen molar-refractivity contribution in [2.75, 3.05) is 0 Å². The van der Waals surface area contributed by atoms with Crippen LogP contribution in [-0.2, 0) is 7.05 Å². The summed E-state index contributed by atoms with van der Waals surface area (Å²) in [5, 5.41) is 11.1. The van der Waals surface area contributed by atoms with E-state index in [2.05, 4.69) is 36.3 Å². The van der Waals surface area contributed by atoms with Crippen LogP contribution in [0.15, 0.2) is 16.9 Å². The van der Waals surface area contributed by atoms with Crippen LogP contribution in [-0.4, -0.2) is 20.8 Å². The maximum Gasteiger partial charge on any atom is 0.257 e. The lowest BCUT2D eigenvalue weighted by Gasteiger charge is -2.30. The molecule has 0 aliphatic carbocycles. The number of carbonyl (C=O) groups is 1. The van der Waals surface area contributed by atoms with Crippen molar-refractivity contribution in [2.45, 2.75) is 40.7 Å². The van der Waals surface area contributed by atoms with Crippen LogP contribution in [0.3, 0.4) is 0 Å². The summed E-state index contributed by atoms with van der Waals surface area (Å²) in [5.41, 5.74) is 1.94. The van der Waals surface area contributed by atoms with Crippen LogP contribution >= 0.6 is 0 Å². The molecule has 21 heavy (non-hydrogen) atoms. The summed E-state index contributed by atoms with van der Waals surface area (Å²) in [4.78, 5) is 12.5. The molecule has 0 bridgehead atoms. The molecule has 114 valence electrons. The molecule has 6 heteroatoms. The van der Waals surface area contributed by atoms with Crippen LogP contribution in [0.4, 0.5) is 0 Å². The zero-order chi connectivity index (χ0) is 15.8. The molecule has 1 unspecified atom stereocenters. The van der Waals surface area contributed by atoms with Gasteiger partial charge in [-0.15, -0.1) is 0 Å². The first-order chi connectivity index (χ1) is 9.70. The number of nitrogens with zero attached hydrogens (tertiary/aromatic N) is 3. The third kappa shape index (κ3) is 3.15. The van der Waals surface area contributed by atoms with E-state index < -0.39 is 0 Å². The first-order valence-corrected chi connectivity index (χ1v) is 6.92. The van der Waals surface area contributed by atoms with Crippen molar-refractivity contribution in [1.29, 1.82) is 0 Å². The lowest BCUT2D eigenvalue weighted by molar-refractivity contribution is 0.0899. The van der Waals surface area contributed by atoms with E-state index >= 15 is 0 Å². The Morgan fingerprint density at radius 1 is 1.38 bits per heavy atom. The number of amides is 1. The minimum absolute atomic E-state index is 0.141. The highest BCUT2D eigenvalue weighted by molar-refractivity contribution is 5.96. The molecule has 2 heterocycles. The third-order valence-corrected chi connectivity index (χ3v) is 3.46. The smallest absolute Gasteiger partial charge is 0.257 e. The molecule has 0 aliphatic rings. The fourth-order valence-electron chi connectivity index (χ4n) is 2.40. The molecule has 0 saturated heterocycles. The predicted molar refractivity (Wildman–Crippen MR) is 78.8 cm³/mol. The van der Waals surface area contributed by atoms with E-state index in [4.69, 9.17) is 4.52 Å². The van der Waals surface area contributed by atoms with Gasteiger partial charge in [0.2, 0.25) is 0 Å². The van der Waals surface area contributed by atoms with Gasteiger partial charge in [0.25, 0.3) is 5.91 Å². The van der Waals surface area contributed by atoms with Gasteiger partial charge in [-0.2, -0.15) is 5.10 Å². The van der Waals surface area contributed by atoms with Gasteiger partial charge in [-0.3, -0.25) is 9.48 Å². The van der Waals surface area contributed by atoms with Crippen molar-refractivity contribution >= 4 is 5.91 Å². The van der Waals surface area contributed by atoms with Crippen LogP contribution in [0, 0.1) is 19.3 Å². The molecular weight excluding hydrogens is 268 g/mol. The summed E-state index contributed by atoms with van der Waals surface area (Å²) in [7, 11) is 1.86. The molecule has 2 rings (SSSR count). The molecule has 0 saturated carbocycles. The van der Waals surface area contributed by atoms with E-state index in [-0.39, 0.29) is 17.4 Å². The Balaban J connectivity index is 2.30. The monoisotopic (exact) mass is 290 g/mol. The number of aryl methyl sites for hydroxylation is 3. The van der Waals surface area contributed by atoms with E-state index in [1.165, 1.54) is 0 Å². The van der Waals surface area contributed by atoms with Gasteiger partial charge < -0.3 is 9.84 Å². The lowest BCUT2D eigenvalue weighted by atomic mass is 9.83. The Hall–Kier alpha value is -2.11. The summed E-state index contributed by atoms with van der Waals surface area (Å²) >= 11 is 0. The van der Waals surface area contributed by atoms with E-state index in [1.54, 1.807) is 24.7 Å². The van der Waals surface area contributed by atoms with Crippen molar-refractivity contribution in [3.05, 3.63) is 35.0 Å². The zero-order valence-corrected chi connectivity index (χ0v) is 13.4. The van der Waals surface area contributed by atoms with Gasteiger partial charge >= 0.3 is 0 Å². The number of hydrogen-bond donors (Lipinski definition) is 1. The van der Waals surface area contributed by atoms with Crippen molar-refractivity contribution in [1.82, 2.24) is 20.3 Å². The molecule has 1 amide bonds. The van der Waals surface area contributed by atoms with Gasteiger partial charge in [0, 0.05) is 18.8 Å². The summed E-state index contributed by atoms with van der Waals surface area (Å²) in [6.45, 7) is 9.75. The fraction of sp³-hybridized carbons (Fsp3) is 0.533. The van der Waals surface area contributed by atoms with E-state index in [0.717, 1.165) is 5.56 Å². The van der Waals surface area contributed by atoms with Crippen LogP contribution < -0.4 is 5.32 Å². The first-order valence-electron chi connectivity index (χ1n) is 6.92. The minimum Gasteiger partial charge on any atom is -0.361 e. The molecule has 0 aliphatic heterocycles. The number of aromatic nitrogens is 3. The molecule has 0 radical (unpaired) electrons. The summed E-state index contributed by atoms with van der Waals surface area (Å²) in [5.74, 6) is 0.360. The van der Waals surface area contributed by atoms with E-state index in [9.17, 15) is 4.79 Å². The number of nitrogens with one attached hydrogen (secondary N) is 1. The van der Waals surface area contributed by atoms with Gasteiger partial charge in [0.1, 0.15) is 11.3 Å². The lowest BCUT2D eigenvalue weighted by Crippen LogP contribution is -2.36. The van der Waals surface area contributed by atoms with Crippen LogP contribution in [0.5, 0.6) is 0 Å². The van der Waals surface area contributed by atoms with Gasteiger partial charge in [-0.1, -0.05) is 25.9 Å². The van der Waals surface area contributed by atoms with Crippen LogP contribution in [0.25, 0.3) is 0 Å². The molecule has 2 aromatic rings. The van der Waals surface area contributed by atoms with Crippen LogP contribution in [0.1, 0.15) is 54.2 Å². The largest absolute Gasteiger partial charge is 0.361 e. The van der Waals surface area contributed by atoms with Gasteiger partial charge in [-0.25, -0.2) is 0 Å². The zero-order valence-electron chi connectivity index (χ0n) is 13.4. The molecule has 2 aromatic heterocycles. The van der Waals surface area contributed by atoms with Crippen LogP contribution in [0.2, 0.25) is 0 Å². The molecule has 1 atom stereocenters. The summed E-state index contributed by atoms with van der Waals surface area (Å²) < 4.78 is 6.80. The Morgan fingerprint density at radius 3 is 2.48 bits per heavy atom. The fourth-order valence-corrected chi connectivity index (χ4v) is 2.40. The number of carbonyl (C=O) groups excluding carboxylic acids is 1. The van der Waals surface area contributed by atoms with Gasteiger partial charge in [0.05, 0.1) is 17.9 Å². The molecule has 1 N–H and O–H groups in total. The molecular formula is C15H22N4O2. The molecule has 6 nitrogen and oxygen atoms in total. The van der Waals surface area contributed by atoms with Gasteiger partial charge in [-0.05, 0) is 19.3 Å². The number of hydrogen-bond acceptors (Lipinski definition) is 4. The van der Waals surface area contributed by atoms with E-state index in [1.807, 2.05) is 13.2 Å². The highest BCUT2D eigenvalue weighted by atomic mass is 16.5. The highest BCUT2D eigenvalue weighted by Crippen LogP contribution is 2.33. The quantitative estimate of drug-likeness (QED) is 0.942. The van der Waals surface area contributed by atoms with E-state index in [0.29, 0.717) is 17.0 Å². The minimum atomic E-state index is -0.171. The second-order valence-corrected chi connectivity index (χ2v) is 6.42. The standard InChI is InChI=1S/C15H22N4O2/c1-9-12(10(2)21-18-9)14(20)17-13(15(3,4)5)11-7-16-19(6)8-11/h7-8,13H,1-6H3,(H,17,20). The van der Waals surface area contributed by atoms with Crippen molar-refractivity contribution in [3.8, 4) is 0 Å². The summed E-state index contributed by atoms with van der Waals surface area (Å²) in [6.07, 6.45) is 3.70. The topological polar surface area (TPSA) is 73.0 Å². The number of rotatable bonds is 3. The molecule has 0 spiro atoms. The van der Waals surface area contributed by atoms with Crippen molar-refractivity contribution in [2.24, 2.45) is 12.5 Å². The maximum absolute atomic E-state index is 12.5. The Morgan fingerprint density at radius 2 is 2.05 bits per heavy atom. The Bertz CT molecular complexity index is 629. The summed E-state index contributed by atoms with van der Waals surface area (Å²) in [6, 6.07) is -0.146. The average Bonchev–Trinajstić information content (AvgIpc) is 2.91. The third-order valence-electron chi connectivity index (χ3n) is 3.46. The second kappa shape index (κ2) is 5.35. The Kier molecular flexibility index (Phi) is 3.89.